The highest BCUT2D eigenvalue weighted by atomic mass is 19.1. The Morgan fingerprint density at radius 1 is 1.50 bits per heavy atom. The minimum absolute atomic E-state index is 0.0515. The molecular formula is C14H20FN. The molecule has 0 amide bonds. The van der Waals surface area contributed by atoms with Gasteiger partial charge < -0.3 is 5.32 Å². The maximum atomic E-state index is 13.2. The van der Waals surface area contributed by atoms with E-state index in [9.17, 15) is 4.39 Å². The molecule has 0 saturated carbocycles. The van der Waals surface area contributed by atoms with Crippen LogP contribution in [0.25, 0.3) is 0 Å². The molecule has 0 radical (unpaired) electrons. The monoisotopic (exact) mass is 221 g/mol. The lowest BCUT2D eigenvalue weighted by atomic mass is 9.96. The summed E-state index contributed by atoms with van der Waals surface area (Å²) in [5.74, 6) is -0.190. The second kappa shape index (κ2) is 5.80. The summed E-state index contributed by atoms with van der Waals surface area (Å²) in [6, 6.07) is 4.95. The van der Waals surface area contributed by atoms with Crippen LogP contribution in [0.5, 0.6) is 0 Å². The van der Waals surface area contributed by atoms with Gasteiger partial charge in [0.1, 0.15) is 5.82 Å². The Balaban J connectivity index is 3.00. The predicted octanol–water partition coefficient (Wildman–Crippen LogP) is 3.75. The molecule has 1 nitrogen and oxygen atoms in total. The summed E-state index contributed by atoms with van der Waals surface area (Å²) in [7, 11) is 0. The van der Waals surface area contributed by atoms with Crippen molar-refractivity contribution in [2.45, 2.75) is 33.2 Å². The van der Waals surface area contributed by atoms with Crippen molar-refractivity contribution in [2.75, 3.05) is 6.54 Å². The zero-order valence-electron chi connectivity index (χ0n) is 10.3. The Labute approximate surface area is 97.4 Å². The van der Waals surface area contributed by atoms with Gasteiger partial charge in [-0.2, -0.15) is 0 Å². The number of aryl methyl sites for hydroxylation is 1. The molecule has 0 aliphatic heterocycles. The summed E-state index contributed by atoms with van der Waals surface area (Å²) in [5.41, 5.74) is 3.10. The fourth-order valence-corrected chi connectivity index (χ4v) is 1.76. The van der Waals surface area contributed by atoms with Crippen LogP contribution in [0.15, 0.2) is 30.4 Å². The number of benzene rings is 1. The summed E-state index contributed by atoms with van der Waals surface area (Å²) in [5, 5.41) is 3.39. The fraction of sp³-hybridized carbons (Fsp3) is 0.429. The Bertz CT molecular complexity index is 371. The summed E-state index contributed by atoms with van der Waals surface area (Å²) in [6.45, 7) is 11.0. The molecule has 0 heterocycles. The van der Waals surface area contributed by atoms with E-state index in [1.807, 2.05) is 19.9 Å². The second-order valence-corrected chi connectivity index (χ2v) is 4.23. The van der Waals surface area contributed by atoms with Crippen LogP contribution >= 0.6 is 0 Å². The second-order valence-electron chi connectivity index (χ2n) is 4.23. The predicted molar refractivity (Wildman–Crippen MR) is 67.0 cm³/mol. The first-order valence-electron chi connectivity index (χ1n) is 5.71. The smallest absolute Gasteiger partial charge is 0.123 e. The van der Waals surface area contributed by atoms with Gasteiger partial charge in [-0.15, -0.1) is 0 Å². The third-order valence-corrected chi connectivity index (χ3v) is 2.64. The molecule has 2 heteroatoms. The molecule has 1 N–H and O–H groups in total. The van der Waals surface area contributed by atoms with E-state index >= 15 is 0 Å². The van der Waals surface area contributed by atoms with Gasteiger partial charge in [0.25, 0.3) is 0 Å². The molecule has 1 unspecified atom stereocenters. The topological polar surface area (TPSA) is 12.0 Å². The van der Waals surface area contributed by atoms with Gasteiger partial charge in [-0.25, -0.2) is 4.39 Å². The fourth-order valence-electron chi connectivity index (χ4n) is 1.76. The maximum absolute atomic E-state index is 13.2. The van der Waals surface area contributed by atoms with E-state index in [2.05, 4.69) is 18.8 Å². The lowest BCUT2D eigenvalue weighted by Crippen LogP contribution is -2.23. The van der Waals surface area contributed by atoms with Gasteiger partial charge in [0, 0.05) is 0 Å². The van der Waals surface area contributed by atoms with Gasteiger partial charge in [-0.1, -0.05) is 25.1 Å². The molecule has 0 aromatic heterocycles. The molecule has 16 heavy (non-hydrogen) atoms. The average molecular weight is 221 g/mol. The van der Waals surface area contributed by atoms with Crippen molar-refractivity contribution in [1.29, 1.82) is 0 Å². The average Bonchev–Trinajstić information content (AvgIpc) is 2.23. The largest absolute Gasteiger partial charge is 0.307 e. The van der Waals surface area contributed by atoms with Crippen LogP contribution in [0.1, 0.15) is 37.4 Å². The molecule has 1 atom stereocenters. The molecular weight excluding hydrogens is 201 g/mol. The van der Waals surface area contributed by atoms with Crippen molar-refractivity contribution in [1.82, 2.24) is 5.32 Å². The molecule has 0 saturated heterocycles. The Hall–Kier alpha value is -1.15. The third kappa shape index (κ3) is 3.17. The molecule has 0 spiro atoms. The van der Waals surface area contributed by atoms with Crippen molar-refractivity contribution >= 4 is 0 Å². The summed E-state index contributed by atoms with van der Waals surface area (Å²) < 4.78 is 13.2. The summed E-state index contributed by atoms with van der Waals surface area (Å²) in [6.07, 6.45) is 1.05. The summed E-state index contributed by atoms with van der Waals surface area (Å²) in [4.78, 5) is 0. The van der Waals surface area contributed by atoms with Crippen LogP contribution in [0.3, 0.4) is 0 Å². The minimum Gasteiger partial charge on any atom is -0.307 e. The van der Waals surface area contributed by atoms with E-state index < -0.39 is 0 Å². The molecule has 0 fully saturated rings. The van der Waals surface area contributed by atoms with Crippen LogP contribution in [-0.2, 0) is 0 Å². The highest BCUT2D eigenvalue weighted by Gasteiger charge is 2.14. The van der Waals surface area contributed by atoms with Gasteiger partial charge in [0.15, 0.2) is 0 Å². The van der Waals surface area contributed by atoms with Gasteiger partial charge in [0.2, 0.25) is 0 Å². The summed E-state index contributed by atoms with van der Waals surface area (Å²) >= 11 is 0. The Morgan fingerprint density at radius 3 is 2.75 bits per heavy atom. The quantitative estimate of drug-likeness (QED) is 0.747. The van der Waals surface area contributed by atoms with Gasteiger partial charge in [-0.05, 0) is 50.1 Å². The first kappa shape index (κ1) is 12.9. The highest BCUT2D eigenvalue weighted by Crippen LogP contribution is 2.24. The van der Waals surface area contributed by atoms with Crippen molar-refractivity contribution < 1.29 is 4.39 Å². The number of halogens is 1. The van der Waals surface area contributed by atoms with E-state index in [0.717, 1.165) is 29.7 Å². The van der Waals surface area contributed by atoms with Crippen molar-refractivity contribution in [3.63, 3.8) is 0 Å². The van der Waals surface area contributed by atoms with Crippen molar-refractivity contribution in [3.05, 3.63) is 47.3 Å². The molecule has 1 rings (SSSR count). The molecule has 1 aromatic rings. The normalized spacial score (nSPS) is 12.5. The zero-order chi connectivity index (χ0) is 12.1. The third-order valence-electron chi connectivity index (χ3n) is 2.64. The maximum Gasteiger partial charge on any atom is 0.123 e. The minimum atomic E-state index is -0.190. The van der Waals surface area contributed by atoms with Gasteiger partial charge in [-0.3, -0.25) is 0 Å². The van der Waals surface area contributed by atoms with Gasteiger partial charge >= 0.3 is 0 Å². The molecule has 0 bridgehead atoms. The lowest BCUT2D eigenvalue weighted by Gasteiger charge is -2.21. The van der Waals surface area contributed by atoms with E-state index in [1.54, 1.807) is 6.07 Å². The standard InChI is InChI=1S/C14H20FN/c1-5-8-16-14(10(2)3)13-9-12(15)7-6-11(13)4/h6-7,9,14,16H,2,5,8H2,1,3-4H3. The van der Waals surface area contributed by atoms with E-state index in [1.165, 1.54) is 6.07 Å². The number of hydrogen-bond acceptors (Lipinski definition) is 1. The molecule has 0 aliphatic carbocycles. The first-order chi connectivity index (χ1) is 7.56. The number of rotatable bonds is 5. The van der Waals surface area contributed by atoms with Crippen molar-refractivity contribution in [3.8, 4) is 0 Å². The van der Waals surface area contributed by atoms with Crippen LogP contribution in [0, 0.1) is 12.7 Å². The van der Waals surface area contributed by atoms with Crippen LogP contribution in [0.2, 0.25) is 0 Å². The van der Waals surface area contributed by atoms with Crippen LogP contribution < -0.4 is 5.32 Å². The number of nitrogens with one attached hydrogen (secondary N) is 1. The van der Waals surface area contributed by atoms with Crippen molar-refractivity contribution in [2.24, 2.45) is 0 Å². The SMILES string of the molecule is C=C(C)C(NCCC)c1cc(F)ccc1C. The van der Waals surface area contributed by atoms with E-state index in [0.29, 0.717) is 0 Å². The van der Waals surface area contributed by atoms with Crippen LogP contribution in [0.4, 0.5) is 4.39 Å². The molecule has 0 aliphatic rings. The Kier molecular flexibility index (Phi) is 4.69. The molecule has 88 valence electrons. The van der Waals surface area contributed by atoms with E-state index in [4.69, 9.17) is 0 Å². The highest BCUT2D eigenvalue weighted by molar-refractivity contribution is 5.34. The lowest BCUT2D eigenvalue weighted by molar-refractivity contribution is 0.577. The van der Waals surface area contributed by atoms with Crippen LogP contribution in [-0.4, -0.2) is 6.54 Å². The Morgan fingerprint density at radius 2 is 2.19 bits per heavy atom. The molecule has 1 aromatic carbocycles. The first-order valence-corrected chi connectivity index (χ1v) is 5.71. The van der Waals surface area contributed by atoms with E-state index in [-0.39, 0.29) is 11.9 Å². The zero-order valence-corrected chi connectivity index (χ0v) is 10.3. The van der Waals surface area contributed by atoms with Gasteiger partial charge in [0.05, 0.1) is 6.04 Å². The number of hydrogen-bond donors (Lipinski definition) is 1.